The topological polar surface area (TPSA) is 61.3 Å². The summed E-state index contributed by atoms with van der Waals surface area (Å²) in [6.07, 6.45) is 0. The van der Waals surface area contributed by atoms with Crippen LogP contribution < -0.4 is 4.74 Å². The van der Waals surface area contributed by atoms with Gasteiger partial charge in [-0.25, -0.2) is 0 Å². The summed E-state index contributed by atoms with van der Waals surface area (Å²) in [5, 5.41) is 5.03. The van der Waals surface area contributed by atoms with E-state index >= 15 is 0 Å². The predicted molar refractivity (Wildman–Crippen MR) is 86.2 cm³/mol. The lowest BCUT2D eigenvalue weighted by Gasteiger charge is -1.97. The minimum Gasteiger partial charge on any atom is -0.497 e. The lowest BCUT2D eigenvalue weighted by atomic mass is 10.1. The summed E-state index contributed by atoms with van der Waals surface area (Å²) in [7, 11) is 1.64. The first-order valence-corrected chi connectivity index (χ1v) is 7.23. The number of fused-ring (bicyclic) bond motifs is 1. The van der Waals surface area contributed by atoms with Crippen LogP contribution in [0.15, 0.2) is 57.5 Å². The van der Waals surface area contributed by atoms with Crippen molar-refractivity contribution in [1.29, 1.82) is 0 Å². The van der Waals surface area contributed by atoms with Gasteiger partial charge in [-0.3, -0.25) is 0 Å². The van der Waals surface area contributed by atoms with Crippen molar-refractivity contribution in [1.82, 2.24) is 10.1 Å². The van der Waals surface area contributed by atoms with E-state index in [0.717, 1.165) is 27.8 Å². The minimum atomic E-state index is 0.441. The number of rotatable bonds is 3. The third-order valence-electron chi connectivity index (χ3n) is 3.79. The molecule has 23 heavy (non-hydrogen) atoms. The van der Waals surface area contributed by atoms with Gasteiger partial charge in [0.25, 0.3) is 5.89 Å². The zero-order valence-corrected chi connectivity index (χ0v) is 12.7. The van der Waals surface area contributed by atoms with E-state index in [1.807, 2.05) is 55.5 Å². The molecule has 0 aliphatic rings. The van der Waals surface area contributed by atoms with Crippen LogP contribution in [0.1, 0.15) is 5.56 Å². The third kappa shape index (κ3) is 2.26. The summed E-state index contributed by atoms with van der Waals surface area (Å²) in [6.45, 7) is 1.97. The van der Waals surface area contributed by atoms with Gasteiger partial charge < -0.3 is 13.7 Å². The van der Waals surface area contributed by atoms with Gasteiger partial charge in [-0.1, -0.05) is 23.4 Å². The highest BCUT2D eigenvalue weighted by atomic mass is 16.5. The van der Waals surface area contributed by atoms with E-state index in [2.05, 4.69) is 10.1 Å². The Morgan fingerprint density at radius 2 is 1.87 bits per heavy atom. The van der Waals surface area contributed by atoms with E-state index in [-0.39, 0.29) is 0 Å². The Bertz CT molecular complexity index is 971. The number of methoxy groups -OCH3 is 1. The average molecular weight is 306 g/mol. The first-order valence-electron chi connectivity index (χ1n) is 7.23. The molecule has 4 aromatic rings. The molecule has 2 heterocycles. The summed E-state index contributed by atoms with van der Waals surface area (Å²) in [6, 6.07) is 15.3. The van der Waals surface area contributed by atoms with E-state index in [1.165, 1.54) is 0 Å². The minimum absolute atomic E-state index is 0.441. The molecule has 0 fully saturated rings. The summed E-state index contributed by atoms with van der Waals surface area (Å²) in [5.74, 6) is 2.31. The third-order valence-corrected chi connectivity index (χ3v) is 3.79. The molecule has 0 aliphatic heterocycles. The zero-order chi connectivity index (χ0) is 15.8. The van der Waals surface area contributed by atoms with E-state index in [9.17, 15) is 0 Å². The van der Waals surface area contributed by atoms with Crippen molar-refractivity contribution < 1.29 is 13.7 Å². The second-order valence-electron chi connectivity index (χ2n) is 5.21. The number of furan rings is 1. The van der Waals surface area contributed by atoms with Crippen molar-refractivity contribution in [3.05, 3.63) is 54.1 Å². The molecule has 0 radical (unpaired) electrons. The van der Waals surface area contributed by atoms with Gasteiger partial charge in [-0.15, -0.1) is 0 Å². The first kappa shape index (κ1) is 13.6. The van der Waals surface area contributed by atoms with Crippen LogP contribution in [0.4, 0.5) is 0 Å². The monoisotopic (exact) mass is 306 g/mol. The normalized spacial score (nSPS) is 11.0. The largest absolute Gasteiger partial charge is 0.497 e. The lowest BCUT2D eigenvalue weighted by Crippen LogP contribution is -1.82. The van der Waals surface area contributed by atoms with Crippen LogP contribution in [0.25, 0.3) is 34.0 Å². The van der Waals surface area contributed by atoms with E-state index in [1.54, 1.807) is 7.11 Å². The maximum Gasteiger partial charge on any atom is 0.258 e. The maximum absolute atomic E-state index is 5.89. The van der Waals surface area contributed by atoms with Gasteiger partial charge in [0.1, 0.15) is 11.3 Å². The Kier molecular flexibility index (Phi) is 3.12. The average Bonchev–Trinajstić information content (AvgIpc) is 3.20. The number of hydrogen-bond acceptors (Lipinski definition) is 5. The molecule has 0 aliphatic carbocycles. The van der Waals surface area contributed by atoms with Crippen LogP contribution in [0, 0.1) is 6.92 Å². The van der Waals surface area contributed by atoms with Crippen molar-refractivity contribution in [3.8, 4) is 28.8 Å². The van der Waals surface area contributed by atoms with Crippen molar-refractivity contribution in [2.45, 2.75) is 6.92 Å². The molecule has 0 N–H and O–H groups in total. The number of ether oxygens (including phenoxy) is 1. The van der Waals surface area contributed by atoms with Gasteiger partial charge in [0, 0.05) is 16.5 Å². The molecule has 0 saturated carbocycles. The Labute approximate surface area is 132 Å². The Hall–Kier alpha value is -3.08. The molecule has 2 aromatic heterocycles. The fourth-order valence-corrected chi connectivity index (χ4v) is 2.55. The SMILES string of the molecule is COc1ccc2oc(-c3noc(-c4ccccc4)n3)c(C)c2c1. The van der Waals surface area contributed by atoms with Crippen molar-refractivity contribution in [3.63, 3.8) is 0 Å². The fourth-order valence-electron chi connectivity index (χ4n) is 2.55. The zero-order valence-electron chi connectivity index (χ0n) is 12.7. The molecule has 0 amide bonds. The number of aromatic nitrogens is 2. The molecule has 2 aromatic carbocycles. The molecular weight excluding hydrogens is 292 g/mol. The van der Waals surface area contributed by atoms with E-state index in [0.29, 0.717) is 17.5 Å². The van der Waals surface area contributed by atoms with Gasteiger partial charge >= 0.3 is 0 Å². The fraction of sp³-hybridized carbons (Fsp3) is 0.111. The van der Waals surface area contributed by atoms with Crippen LogP contribution in [0.5, 0.6) is 5.75 Å². The summed E-state index contributed by atoms with van der Waals surface area (Å²) in [4.78, 5) is 4.45. The smallest absolute Gasteiger partial charge is 0.258 e. The van der Waals surface area contributed by atoms with Crippen molar-refractivity contribution in [2.24, 2.45) is 0 Å². The number of nitrogens with zero attached hydrogens (tertiary/aromatic N) is 2. The molecule has 114 valence electrons. The summed E-state index contributed by atoms with van der Waals surface area (Å²) in [5.41, 5.74) is 2.60. The molecule has 0 bridgehead atoms. The summed E-state index contributed by atoms with van der Waals surface area (Å²) >= 11 is 0. The van der Waals surface area contributed by atoms with Crippen LogP contribution in [0.3, 0.4) is 0 Å². The van der Waals surface area contributed by atoms with Gasteiger partial charge in [0.05, 0.1) is 7.11 Å². The second kappa shape index (κ2) is 5.28. The van der Waals surface area contributed by atoms with Crippen LogP contribution in [-0.2, 0) is 0 Å². The molecular formula is C18H14N2O3. The molecule has 5 nitrogen and oxygen atoms in total. The van der Waals surface area contributed by atoms with Gasteiger partial charge in [-0.05, 0) is 37.3 Å². The van der Waals surface area contributed by atoms with E-state index < -0.39 is 0 Å². The maximum atomic E-state index is 5.89. The van der Waals surface area contributed by atoms with Gasteiger partial charge in [0.2, 0.25) is 5.82 Å². The Morgan fingerprint density at radius 1 is 1.04 bits per heavy atom. The number of aryl methyl sites for hydroxylation is 1. The Balaban J connectivity index is 1.81. The lowest BCUT2D eigenvalue weighted by molar-refractivity contribution is 0.415. The molecule has 0 spiro atoms. The summed E-state index contributed by atoms with van der Waals surface area (Å²) < 4.78 is 16.5. The molecule has 5 heteroatoms. The molecule has 0 unspecified atom stereocenters. The van der Waals surface area contributed by atoms with Crippen molar-refractivity contribution >= 4 is 11.0 Å². The number of hydrogen-bond donors (Lipinski definition) is 0. The van der Waals surface area contributed by atoms with E-state index in [4.69, 9.17) is 13.7 Å². The predicted octanol–water partition coefficient (Wildman–Crippen LogP) is 4.47. The van der Waals surface area contributed by atoms with Gasteiger partial charge in [-0.2, -0.15) is 4.98 Å². The van der Waals surface area contributed by atoms with Crippen LogP contribution in [-0.4, -0.2) is 17.3 Å². The quantitative estimate of drug-likeness (QED) is 0.559. The van der Waals surface area contributed by atoms with Gasteiger partial charge in [0.15, 0.2) is 5.76 Å². The Morgan fingerprint density at radius 3 is 2.65 bits per heavy atom. The first-order chi connectivity index (χ1) is 11.3. The second-order valence-corrected chi connectivity index (χ2v) is 5.21. The standard InChI is InChI=1S/C18H14N2O3/c1-11-14-10-13(21-2)8-9-15(14)22-16(11)17-19-18(23-20-17)12-6-4-3-5-7-12/h3-10H,1-2H3. The van der Waals surface area contributed by atoms with Crippen LogP contribution >= 0.6 is 0 Å². The van der Waals surface area contributed by atoms with Crippen molar-refractivity contribution in [2.75, 3.05) is 7.11 Å². The highest BCUT2D eigenvalue weighted by Crippen LogP contribution is 2.34. The highest BCUT2D eigenvalue weighted by Gasteiger charge is 2.18. The molecule has 0 atom stereocenters. The number of benzene rings is 2. The van der Waals surface area contributed by atoms with Crippen LogP contribution in [0.2, 0.25) is 0 Å². The highest BCUT2D eigenvalue weighted by molar-refractivity contribution is 5.87. The molecule has 4 rings (SSSR count). The molecule has 0 saturated heterocycles.